The van der Waals surface area contributed by atoms with Crippen molar-refractivity contribution in [3.63, 3.8) is 0 Å². The number of carbonyl (C=O) groups is 3. The van der Waals surface area contributed by atoms with E-state index < -0.39 is 17.0 Å². The largest absolute Gasteiger partial charge is 0.339 e. The van der Waals surface area contributed by atoms with E-state index >= 15 is 0 Å². The first-order chi connectivity index (χ1) is 10.8. The van der Waals surface area contributed by atoms with Crippen LogP contribution in [0.1, 0.15) is 25.8 Å². The molecule has 1 spiro atoms. The Hall–Kier alpha value is -2.08. The number of rotatable bonds is 2. The highest BCUT2D eigenvalue weighted by Gasteiger charge is 2.53. The van der Waals surface area contributed by atoms with Crippen LogP contribution >= 0.6 is 11.6 Å². The van der Waals surface area contributed by atoms with Gasteiger partial charge in [0.25, 0.3) is 5.91 Å². The fraction of sp³-hybridized carbons (Fsp3) is 0.438. The van der Waals surface area contributed by atoms with Gasteiger partial charge in [-0.2, -0.15) is 0 Å². The molecular formula is C16H18ClN3O3. The topological polar surface area (TPSA) is 78.5 Å². The van der Waals surface area contributed by atoms with Gasteiger partial charge in [-0.05, 0) is 31.9 Å². The lowest BCUT2D eigenvalue weighted by atomic mass is 9.83. The minimum absolute atomic E-state index is 0.114. The van der Waals surface area contributed by atoms with Gasteiger partial charge in [0.1, 0.15) is 5.54 Å². The summed E-state index contributed by atoms with van der Waals surface area (Å²) in [5.74, 6) is -0.482. The van der Waals surface area contributed by atoms with Crippen LogP contribution in [0.4, 0.5) is 4.79 Å². The molecule has 0 radical (unpaired) electrons. The number of halogens is 1. The van der Waals surface area contributed by atoms with E-state index in [1.54, 1.807) is 11.0 Å². The maximum Gasteiger partial charge on any atom is 0.322 e. The second-order valence-electron chi connectivity index (χ2n) is 6.57. The summed E-state index contributed by atoms with van der Waals surface area (Å²) in [6.45, 7) is 4.22. The first-order valence-corrected chi connectivity index (χ1v) is 7.82. The van der Waals surface area contributed by atoms with Crippen molar-refractivity contribution in [2.24, 2.45) is 0 Å². The molecule has 23 heavy (non-hydrogen) atoms. The van der Waals surface area contributed by atoms with Crippen LogP contribution in [0.15, 0.2) is 24.3 Å². The summed E-state index contributed by atoms with van der Waals surface area (Å²) >= 11 is 6.23. The average molecular weight is 336 g/mol. The number of likely N-dealkylation sites (tertiary alicyclic amines) is 1. The molecule has 0 aliphatic carbocycles. The van der Waals surface area contributed by atoms with Gasteiger partial charge >= 0.3 is 6.03 Å². The Bertz CT molecular complexity index is 704. The number of imide groups is 1. The Morgan fingerprint density at radius 3 is 2.61 bits per heavy atom. The Labute approximate surface area is 139 Å². The van der Waals surface area contributed by atoms with E-state index in [4.69, 9.17) is 11.6 Å². The summed E-state index contributed by atoms with van der Waals surface area (Å²) in [5.41, 5.74) is -1.07. The quantitative estimate of drug-likeness (QED) is 0.802. The third-order valence-electron chi connectivity index (χ3n) is 4.65. The molecule has 1 atom stereocenters. The zero-order chi connectivity index (χ0) is 16.8. The number of nitrogens with zero attached hydrogens (tertiary/aromatic N) is 1. The van der Waals surface area contributed by atoms with Gasteiger partial charge in [0.05, 0.1) is 12.0 Å². The van der Waals surface area contributed by atoms with E-state index in [0.29, 0.717) is 18.0 Å². The molecule has 7 heteroatoms. The number of benzene rings is 1. The van der Waals surface area contributed by atoms with E-state index in [2.05, 4.69) is 10.6 Å². The smallest absolute Gasteiger partial charge is 0.322 e. The van der Waals surface area contributed by atoms with Crippen molar-refractivity contribution in [3.05, 3.63) is 34.9 Å². The molecule has 3 rings (SSSR count). The first kappa shape index (κ1) is 15.8. The number of hydrogen-bond acceptors (Lipinski definition) is 3. The SMILES string of the molecule is CC(C)(C(=O)N1CC[C@@]2(C1)NC(=O)NC2=O)c1ccccc1Cl. The molecule has 2 fully saturated rings. The van der Waals surface area contributed by atoms with Crippen LogP contribution in [0.25, 0.3) is 0 Å². The van der Waals surface area contributed by atoms with Crippen LogP contribution in [-0.4, -0.2) is 41.4 Å². The van der Waals surface area contributed by atoms with Crippen LogP contribution in [0.3, 0.4) is 0 Å². The normalized spacial score (nSPS) is 24.0. The maximum atomic E-state index is 13.0. The Morgan fingerprint density at radius 1 is 1.30 bits per heavy atom. The third-order valence-corrected chi connectivity index (χ3v) is 4.98. The van der Waals surface area contributed by atoms with Gasteiger partial charge < -0.3 is 10.2 Å². The zero-order valence-electron chi connectivity index (χ0n) is 13.0. The van der Waals surface area contributed by atoms with E-state index in [1.807, 2.05) is 32.0 Å². The van der Waals surface area contributed by atoms with E-state index in [0.717, 1.165) is 5.56 Å². The van der Waals surface area contributed by atoms with Crippen LogP contribution in [0.5, 0.6) is 0 Å². The van der Waals surface area contributed by atoms with Crippen LogP contribution in [0, 0.1) is 0 Å². The van der Waals surface area contributed by atoms with Gasteiger partial charge in [-0.3, -0.25) is 14.9 Å². The Balaban J connectivity index is 1.83. The van der Waals surface area contributed by atoms with Crippen molar-refractivity contribution >= 4 is 29.4 Å². The van der Waals surface area contributed by atoms with Gasteiger partial charge in [-0.25, -0.2) is 4.79 Å². The van der Waals surface area contributed by atoms with Crippen molar-refractivity contribution < 1.29 is 14.4 Å². The first-order valence-electron chi connectivity index (χ1n) is 7.44. The van der Waals surface area contributed by atoms with Gasteiger partial charge in [0, 0.05) is 11.6 Å². The summed E-state index contributed by atoms with van der Waals surface area (Å²) in [5, 5.41) is 5.42. The van der Waals surface area contributed by atoms with Crippen molar-refractivity contribution in [1.29, 1.82) is 0 Å². The Morgan fingerprint density at radius 2 is 2.00 bits per heavy atom. The molecule has 1 aromatic carbocycles. The number of nitrogens with one attached hydrogen (secondary N) is 2. The maximum absolute atomic E-state index is 13.0. The monoisotopic (exact) mass is 335 g/mol. The highest BCUT2D eigenvalue weighted by Crippen LogP contribution is 2.34. The highest BCUT2D eigenvalue weighted by molar-refractivity contribution is 6.31. The molecule has 122 valence electrons. The van der Waals surface area contributed by atoms with Crippen LogP contribution in [0.2, 0.25) is 5.02 Å². The fourth-order valence-corrected chi connectivity index (χ4v) is 3.65. The van der Waals surface area contributed by atoms with E-state index in [9.17, 15) is 14.4 Å². The van der Waals surface area contributed by atoms with Crippen LogP contribution in [-0.2, 0) is 15.0 Å². The molecule has 2 saturated heterocycles. The molecule has 2 aliphatic heterocycles. The number of hydrogen-bond donors (Lipinski definition) is 2. The van der Waals surface area contributed by atoms with Gasteiger partial charge in [0.2, 0.25) is 5.91 Å². The lowest BCUT2D eigenvalue weighted by molar-refractivity contribution is -0.135. The molecule has 0 unspecified atom stereocenters. The lowest BCUT2D eigenvalue weighted by Crippen LogP contribution is -2.51. The van der Waals surface area contributed by atoms with Crippen LogP contribution < -0.4 is 10.6 Å². The molecule has 0 bridgehead atoms. The summed E-state index contributed by atoms with van der Waals surface area (Å²) in [4.78, 5) is 38.0. The predicted octanol–water partition coefficient (Wildman–Crippen LogP) is 1.43. The molecular weight excluding hydrogens is 318 g/mol. The fourth-order valence-electron chi connectivity index (χ4n) is 3.28. The minimum atomic E-state index is -0.997. The zero-order valence-corrected chi connectivity index (χ0v) is 13.7. The molecule has 2 N–H and O–H groups in total. The summed E-state index contributed by atoms with van der Waals surface area (Å²) in [6, 6.07) is 6.73. The molecule has 6 nitrogen and oxygen atoms in total. The molecule has 0 saturated carbocycles. The summed E-state index contributed by atoms with van der Waals surface area (Å²) in [7, 11) is 0. The van der Waals surface area contributed by atoms with Gasteiger partial charge in [0.15, 0.2) is 0 Å². The van der Waals surface area contributed by atoms with Gasteiger partial charge in [-0.1, -0.05) is 29.8 Å². The number of amides is 4. The molecule has 2 heterocycles. The highest BCUT2D eigenvalue weighted by atomic mass is 35.5. The van der Waals surface area contributed by atoms with Crippen molar-refractivity contribution in [2.45, 2.75) is 31.2 Å². The van der Waals surface area contributed by atoms with Gasteiger partial charge in [-0.15, -0.1) is 0 Å². The van der Waals surface area contributed by atoms with Crippen molar-refractivity contribution in [3.8, 4) is 0 Å². The lowest BCUT2D eigenvalue weighted by Gasteiger charge is -2.31. The average Bonchev–Trinajstić information content (AvgIpc) is 3.03. The molecule has 0 aromatic heterocycles. The minimum Gasteiger partial charge on any atom is -0.339 e. The molecule has 1 aromatic rings. The predicted molar refractivity (Wildman–Crippen MR) is 85.1 cm³/mol. The summed E-state index contributed by atoms with van der Waals surface area (Å²) in [6.07, 6.45) is 0.412. The molecule has 4 amide bonds. The second-order valence-corrected chi connectivity index (χ2v) is 6.98. The van der Waals surface area contributed by atoms with E-state index in [-0.39, 0.29) is 18.4 Å². The number of carbonyl (C=O) groups excluding carboxylic acids is 3. The van der Waals surface area contributed by atoms with Crippen molar-refractivity contribution in [2.75, 3.05) is 13.1 Å². The van der Waals surface area contributed by atoms with Crippen molar-refractivity contribution in [1.82, 2.24) is 15.5 Å². The Kier molecular flexibility index (Phi) is 3.59. The second kappa shape index (κ2) is 5.23. The standard InChI is InChI=1S/C16H18ClN3O3/c1-15(2,10-5-3-4-6-11(10)17)13(22)20-8-7-16(9-20)12(21)18-14(23)19-16/h3-6H,7-9H2,1-2H3,(H2,18,19,21,23)/t16-/m0/s1. The summed E-state index contributed by atoms with van der Waals surface area (Å²) < 4.78 is 0. The molecule has 2 aliphatic rings. The van der Waals surface area contributed by atoms with E-state index in [1.165, 1.54) is 0 Å². The number of urea groups is 1. The third kappa shape index (κ3) is 2.47.